The largest absolute Gasteiger partial charge is 0.493 e. The molecule has 0 bridgehead atoms. The van der Waals surface area contributed by atoms with Crippen LogP contribution in [-0.4, -0.2) is 51.8 Å². The maximum Gasteiger partial charge on any atom is 0.204 e. The van der Waals surface area contributed by atoms with Gasteiger partial charge in [-0.1, -0.05) is 17.2 Å². The van der Waals surface area contributed by atoms with E-state index in [9.17, 15) is 4.39 Å². The van der Waals surface area contributed by atoms with Crippen LogP contribution in [-0.2, 0) is 4.84 Å². The number of nitrogens with one attached hydrogen (secondary N) is 1. The van der Waals surface area contributed by atoms with Crippen molar-refractivity contribution < 1.29 is 23.2 Å². The molecule has 0 aliphatic heterocycles. The molecule has 0 unspecified atom stereocenters. The number of halogens is 1. The zero-order chi connectivity index (χ0) is 23.0. The highest BCUT2D eigenvalue weighted by atomic mass is 19.1. The van der Waals surface area contributed by atoms with Gasteiger partial charge in [0, 0.05) is 17.2 Å². The number of ether oxygens (including phenoxy) is 2. The van der Waals surface area contributed by atoms with E-state index in [1.165, 1.54) is 19.2 Å². The molecule has 2 heterocycles. The SMILES string of the molecule is CCCO/N=C(\COc1ccc(-c2nn[nH]n2)cc1OC)c1cc(-c2ccc(F)cc2)no1. The Bertz CT molecular complexity index is 1210. The van der Waals surface area contributed by atoms with Gasteiger partial charge in [-0.3, -0.25) is 0 Å². The first-order chi connectivity index (χ1) is 16.2. The number of benzene rings is 2. The van der Waals surface area contributed by atoms with Gasteiger partial charge in [-0.15, -0.1) is 10.2 Å². The van der Waals surface area contributed by atoms with E-state index in [1.54, 1.807) is 36.4 Å². The summed E-state index contributed by atoms with van der Waals surface area (Å²) in [5.74, 6) is 1.44. The van der Waals surface area contributed by atoms with Gasteiger partial charge in [-0.2, -0.15) is 5.21 Å². The van der Waals surface area contributed by atoms with E-state index in [0.29, 0.717) is 52.2 Å². The second kappa shape index (κ2) is 10.4. The first-order valence-corrected chi connectivity index (χ1v) is 10.1. The number of tetrazole rings is 1. The minimum absolute atomic E-state index is 0.0275. The minimum Gasteiger partial charge on any atom is -0.493 e. The summed E-state index contributed by atoms with van der Waals surface area (Å²) < 4.78 is 30.1. The lowest BCUT2D eigenvalue weighted by Crippen LogP contribution is -2.14. The number of hydrogen-bond donors (Lipinski definition) is 1. The van der Waals surface area contributed by atoms with Crippen molar-refractivity contribution in [1.29, 1.82) is 0 Å². The predicted molar refractivity (Wildman–Crippen MR) is 116 cm³/mol. The Kier molecular flexibility index (Phi) is 6.88. The van der Waals surface area contributed by atoms with Crippen molar-refractivity contribution in [2.45, 2.75) is 13.3 Å². The topological polar surface area (TPSA) is 121 Å². The third-order valence-corrected chi connectivity index (χ3v) is 4.54. The summed E-state index contributed by atoms with van der Waals surface area (Å²) in [6, 6.07) is 12.9. The van der Waals surface area contributed by atoms with Crippen molar-refractivity contribution >= 4 is 5.71 Å². The quantitative estimate of drug-likeness (QED) is 0.219. The van der Waals surface area contributed by atoms with Gasteiger partial charge in [0.05, 0.1) is 7.11 Å². The highest BCUT2D eigenvalue weighted by Crippen LogP contribution is 2.31. The van der Waals surface area contributed by atoms with Gasteiger partial charge >= 0.3 is 0 Å². The van der Waals surface area contributed by atoms with E-state index in [-0.39, 0.29) is 12.4 Å². The lowest BCUT2D eigenvalue weighted by atomic mass is 10.1. The van der Waals surface area contributed by atoms with Gasteiger partial charge in [0.1, 0.15) is 24.7 Å². The molecule has 0 spiro atoms. The Morgan fingerprint density at radius 2 is 1.91 bits per heavy atom. The molecule has 0 amide bonds. The van der Waals surface area contributed by atoms with Crippen LogP contribution in [0.3, 0.4) is 0 Å². The van der Waals surface area contributed by atoms with Gasteiger partial charge in [0.2, 0.25) is 5.82 Å². The fourth-order valence-corrected chi connectivity index (χ4v) is 2.88. The highest BCUT2D eigenvalue weighted by molar-refractivity contribution is 5.99. The molecule has 11 heteroatoms. The Labute approximate surface area is 188 Å². The number of aromatic nitrogens is 5. The third-order valence-electron chi connectivity index (χ3n) is 4.54. The van der Waals surface area contributed by atoms with Crippen molar-refractivity contribution in [1.82, 2.24) is 25.8 Å². The van der Waals surface area contributed by atoms with E-state index in [1.807, 2.05) is 6.92 Å². The molecule has 1 N–H and O–H groups in total. The van der Waals surface area contributed by atoms with Gasteiger partial charge < -0.3 is 18.8 Å². The van der Waals surface area contributed by atoms with E-state index < -0.39 is 0 Å². The Hall–Kier alpha value is -4.28. The molecule has 0 saturated heterocycles. The zero-order valence-electron chi connectivity index (χ0n) is 18.0. The summed E-state index contributed by atoms with van der Waals surface area (Å²) in [7, 11) is 1.53. The number of hydrogen-bond acceptors (Lipinski definition) is 9. The van der Waals surface area contributed by atoms with Crippen molar-refractivity contribution in [2.24, 2.45) is 5.16 Å². The maximum absolute atomic E-state index is 13.2. The molecule has 4 aromatic rings. The number of oxime groups is 1. The van der Waals surface area contributed by atoms with E-state index in [4.69, 9.17) is 18.8 Å². The summed E-state index contributed by atoms with van der Waals surface area (Å²) in [6.45, 7) is 2.44. The first kappa shape index (κ1) is 21.9. The van der Waals surface area contributed by atoms with Crippen LogP contribution in [0.5, 0.6) is 11.5 Å². The molecule has 2 aromatic carbocycles. The third kappa shape index (κ3) is 5.32. The number of aromatic amines is 1. The average Bonchev–Trinajstić information content (AvgIpc) is 3.55. The number of H-pyrrole nitrogens is 1. The van der Waals surface area contributed by atoms with Crippen LogP contribution in [0.1, 0.15) is 19.1 Å². The van der Waals surface area contributed by atoms with Crippen LogP contribution in [0.25, 0.3) is 22.6 Å². The van der Waals surface area contributed by atoms with Crippen molar-refractivity contribution in [3.05, 3.63) is 60.1 Å². The van der Waals surface area contributed by atoms with Crippen molar-refractivity contribution in [2.75, 3.05) is 20.3 Å². The number of rotatable bonds is 10. The van der Waals surface area contributed by atoms with Crippen molar-refractivity contribution in [3.63, 3.8) is 0 Å². The lowest BCUT2D eigenvalue weighted by Gasteiger charge is -2.11. The van der Waals surface area contributed by atoms with Crippen LogP contribution in [0, 0.1) is 5.82 Å². The molecule has 0 aliphatic carbocycles. The monoisotopic (exact) mass is 452 g/mol. The van der Waals surface area contributed by atoms with Gasteiger partial charge in [0.25, 0.3) is 0 Å². The lowest BCUT2D eigenvalue weighted by molar-refractivity contribution is 0.142. The summed E-state index contributed by atoms with van der Waals surface area (Å²) in [5, 5.41) is 22.1. The molecule has 10 nitrogen and oxygen atoms in total. The van der Waals surface area contributed by atoms with Crippen LogP contribution >= 0.6 is 0 Å². The van der Waals surface area contributed by atoms with Gasteiger partial charge in [-0.05, 0) is 54.1 Å². The van der Waals surface area contributed by atoms with Crippen molar-refractivity contribution in [3.8, 4) is 34.1 Å². The number of methoxy groups -OCH3 is 1. The van der Waals surface area contributed by atoms with E-state index in [0.717, 1.165) is 6.42 Å². The molecule has 33 heavy (non-hydrogen) atoms. The molecule has 0 fully saturated rings. The second-order valence-corrected chi connectivity index (χ2v) is 6.84. The summed E-state index contributed by atoms with van der Waals surface area (Å²) in [4.78, 5) is 5.36. The molecule has 4 rings (SSSR count). The van der Waals surface area contributed by atoms with Crippen LogP contribution in [0.15, 0.2) is 58.2 Å². The second-order valence-electron chi connectivity index (χ2n) is 6.84. The standard InChI is InChI=1S/C22H21FN6O4/c1-3-10-32-26-18(20-12-17(27-33-20)14-4-7-16(23)8-5-14)13-31-19-9-6-15(11-21(19)30-2)22-24-28-29-25-22/h4-9,11-12H,3,10,13H2,1-2H3,(H,24,25,28,29)/b26-18+. The highest BCUT2D eigenvalue weighted by Gasteiger charge is 2.17. The molecule has 0 saturated carbocycles. The molecule has 0 atom stereocenters. The van der Waals surface area contributed by atoms with Gasteiger partial charge in [0.15, 0.2) is 23.0 Å². The summed E-state index contributed by atoms with van der Waals surface area (Å²) in [5.41, 5.74) is 2.36. The van der Waals surface area contributed by atoms with Gasteiger partial charge in [-0.25, -0.2) is 4.39 Å². The minimum atomic E-state index is -0.328. The number of nitrogens with zero attached hydrogens (tertiary/aromatic N) is 5. The molecular weight excluding hydrogens is 431 g/mol. The Morgan fingerprint density at radius 1 is 1.09 bits per heavy atom. The predicted octanol–water partition coefficient (Wildman–Crippen LogP) is 3.88. The zero-order valence-corrected chi connectivity index (χ0v) is 18.0. The Balaban J connectivity index is 1.54. The van der Waals surface area contributed by atoms with E-state index in [2.05, 4.69) is 30.9 Å². The first-order valence-electron chi connectivity index (χ1n) is 10.1. The smallest absolute Gasteiger partial charge is 0.204 e. The molecule has 0 radical (unpaired) electrons. The maximum atomic E-state index is 13.2. The molecular formula is C22H21FN6O4. The molecule has 2 aromatic heterocycles. The fraction of sp³-hybridized carbons (Fsp3) is 0.227. The summed E-state index contributed by atoms with van der Waals surface area (Å²) in [6.07, 6.45) is 0.792. The fourth-order valence-electron chi connectivity index (χ4n) is 2.88. The van der Waals surface area contributed by atoms with Crippen LogP contribution < -0.4 is 9.47 Å². The Morgan fingerprint density at radius 3 is 2.64 bits per heavy atom. The molecule has 0 aliphatic rings. The molecule has 170 valence electrons. The van der Waals surface area contributed by atoms with E-state index >= 15 is 0 Å². The van der Waals surface area contributed by atoms with Crippen LogP contribution in [0.4, 0.5) is 4.39 Å². The van der Waals surface area contributed by atoms with Crippen LogP contribution in [0.2, 0.25) is 0 Å². The normalized spacial score (nSPS) is 11.4. The average molecular weight is 452 g/mol. The summed E-state index contributed by atoms with van der Waals surface area (Å²) >= 11 is 0.